The van der Waals surface area contributed by atoms with E-state index >= 15 is 0 Å². The van der Waals surface area contributed by atoms with Crippen LogP contribution in [0.25, 0.3) is 11.1 Å². The van der Waals surface area contributed by atoms with Crippen LogP contribution in [0.1, 0.15) is 153 Å². The van der Waals surface area contributed by atoms with Crippen molar-refractivity contribution in [3.05, 3.63) is 46.5 Å². The molecule has 2 aromatic carbocycles. The fraction of sp³-hybridized carbons (Fsp3) is 0.684. The van der Waals surface area contributed by atoms with E-state index in [4.69, 9.17) is 9.47 Å². The van der Waals surface area contributed by atoms with Gasteiger partial charge >= 0.3 is 0 Å². The van der Waals surface area contributed by atoms with Gasteiger partial charge in [0.05, 0.1) is 13.2 Å². The van der Waals surface area contributed by atoms with Crippen molar-refractivity contribution in [2.24, 2.45) is 0 Å². The third-order valence-corrected chi connectivity index (χ3v) is 8.24. The average molecular weight is 551 g/mol. The molecule has 0 radical (unpaired) electrons. The Hall–Kier alpha value is -1.96. The monoisotopic (exact) mass is 550 g/mol. The van der Waals surface area contributed by atoms with Crippen LogP contribution in [0.2, 0.25) is 0 Å². The summed E-state index contributed by atoms with van der Waals surface area (Å²) in [5.74, 6) is 2.04. The van der Waals surface area contributed by atoms with Crippen LogP contribution >= 0.6 is 0 Å². The Morgan fingerprint density at radius 3 is 1.50 bits per heavy atom. The Morgan fingerprint density at radius 1 is 0.425 bits per heavy atom. The minimum absolute atomic E-state index is 0.777. The molecule has 2 heteroatoms. The molecular formula is C38H62O2. The number of benzene rings is 2. The quantitative estimate of drug-likeness (QED) is 0.128. The lowest BCUT2D eigenvalue weighted by Gasteiger charge is -2.20. The Labute approximate surface area is 248 Å². The zero-order valence-electron chi connectivity index (χ0n) is 27.3. The number of ether oxygens (including phenoxy) is 2. The van der Waals surface area contributed by atoms with Gasteiger partial charge in [-0.25, -0.2) is 0 Å². The average Bonchev–Trinajstić information content (AvgIpc) is 2.95. The molecule has 0 fully saturated rings. The van der Waals surface area contributed by atoms with Crippen molar-refractivity contribution in [1.82, 2.24) is 0 Å². The molecule has 0 unspecified atom stereocenters. The van der Waals surface area contributed by atoms with Gasteiger partial charge in [0.25, 0.3) is 0 Å². The van der Waals surface area contributed by atoms with E-state index in [-0.39, 0.29) is 0 Å². The lowest BCUT2D eigenvalue weighted by molar-refractivity contribution is 0.297. The summed E-state index contributed by atoms with van der Waals surface area (Å²) in [6.45, 7) is 15.1. The molecule has 0 spiro atoms. The van der Waals surface area contributed by atoms with Gasteiger partial charge in [0.15, 0.2) is 0 Å². The number of rotatable bonds is 23. The molecule has 0 aromatic heterocycles. The lowest BCUT2D eigenvalue weighted by atomic mass is 9.88. The van der Waals surface area contributed by atoms with E-state index in [1.807, 2.05) is 0 Å². The third-order valence-electron chi connectivity index (χ3n) is 8.24. The van der Waals surface area contributed by atoms with Gasteiger partial charge in [0, 0.05) is 5.56 Å². The Bertz CT molecular complexity index is 945. The molecule has 0 aliphatic heterocycles. The van der Waals surface area contributed by atoms with Gasteiger partial charge < -0.3 is 9.47 Å². The third kappa shape index (κ3) is 12.3. The van der Waals surface area contributed by atoms with Crippen LogP contribution in [0.15, 0.2) is 24.3 Å². The highest BCUT2D eigenvalue weighted by Crippen LogP contribution is 2.40. The van der Waals surface area contributed by atoms with Crippen LogP contribution < -0.4 is 9.47 Å². The molecule has 0 bridgehead atoms. The van der Waals surface area contributed by atoms with Crippen LogP contribution in [0.3, 0.4) is 0 Å². The molecule has 0 aliphatic carbocycles. The maximum absolute atomic E-state index is 6.53. The first-order chi connectivity index (χ1) is 19.5. The van der Waals surface area contributed by atoms with E-state index in [0.29, 0.717) is 0 Å². The summed E-state index contributed by atoms with van der Waals surface area (Å²) in [7, 11) is 0. The maximum Gasteiger partial charge on any atom is 0.127 e. The minimum atomic E-state index is 0.777. The van der Waals surface area contributed by atoms with Crippen molar-refractivity contribution >= 4 is 0 Å². The van der Waals surface area contributed by atoms with E-state index in [1.54, 1.807) is 0 Å². The molecule has 40 heavy (non-hydrogen) atoms. The van der Waals surface area contributed by atoms with Crippen LogP contribution in [0, 0.1) is 13.8 Å². The van der Waals surface area contributed by atoms with E-state index in [2.05, 4.69) is 65.8 Å². The zero-order valence-corrected chi connectivity index (χ0v) is 27.3. The molecule has 0 aliphatic rings. The topological polar surface area (TPSA) is 18.5 Å². The molecular weight excluding hydrogens is 488 g/mol. The van der Waals surface area contributed by atoms with Gasteiger partial charge in [0.2, 0.25) is 0 Å². The summed E-state index contributed by atoms with van der Waals surface area (Å²) in [5, 5.41) is 0. The van der Waals surface area contributed by atoms with Crippen LogP contribution in [-0.4, -0.2) is 13.2 Å². The number of hydrogen-bond donors (Lipinski definition) is 0. The summed E-state index contributed by atoms with van der Waals surface area (Å²) in [6, 6.07) is 9.55. The summed E-state index contributed by atoms with van der Waals surface area (Å²) in [6.07, 6.45) is 22.5. The first-order valence-corrected chi connectivity index (χ1v) is 17.1. The van der Waals surface area contributed by atoms with Crippen molar-refractivity contribution in [3.8, 4) is 22.6 Å². The molecule has 2 aromatic rings. The summed E-state index contributed by atoms with van der Waals surface area (Å²) >= 11 is 0. The smallest absolute Gasteiger partial charge is 0.127 e. The fourth-order valence-electron chi connectivity index (χ4n) is 5.59. The maximum atomic E-state index is 6.53. The predicted molar refractivity (Wildman–Crippen MR) is 176 cm³/mol. The standard InChI is InChI=1S/C38H62O2/c1-7-11-15-17-19-23-33-29-35(34(27-31(33)5)24-20-18-16-12-8-2)36-30-37(39-25-21-13-9-3)32(6)28-38(36)40-26-22-14-10-4/h27-30H,7-26H2,1-6H3. The molecule has 0 amide bonds. The second kappa shape index (κ2) is 20.8. The van der Waals surface area contributed by atoms with Crippen LogP contribution in [0.5, 0.6) is 11.5 Å². The first-order valence-electron chi connectivity index (χ1n) is 17.1. The van der Waals surface area contributed by atoms with Gasteiger partial charge in [-0.15, -0.1) is 0 Å². The molecule has 0 saturated heterocycles. The van der Waals surface area contributed by atoms with E-state index in [1.165, 1.54) is 123 Å². The van der Waals surface area contributed by atoms with Crippen molar-refractivity contribution in [1.29, 1.82) is 0 Å². The Kier molecular flexibility index (Phi) is 17.8. The van der Waals surface area contributed by atoms with Crippen LogP contribution in [-0.2, 0) is 12.8 Å². The molecule has 0 saturated carbocycles. The van der Waals surface area contributed by atoms with Gasteiger partial charge in [-0.05, 0) is 92.3 Å². The largest absolute Gasteiger partial charge is 0.493 e. The zero-order chi connectivity index (χ0) is 29.0. The normalized spacial score (nSPS) is 11.2. The number of aryl methyl sites for hydroxylation is 4. The van der Waals surface area contributed by atoms with Gasteiger partial charge in [-0.3, -0.25) is 0 Å². The highest BCUT2D eigenvalue weighted by molar-refractivity contribution is 5.77. The summed E-state index contributed by atoms with van der Waals surface area (Å²) in [5.41, 5.74) is 8.20. The van der Waals surface area contributed by atoms with E-state index in [9.17, 15) is 0 Å². The van der Waals surface area contributed by atoms with Crippen molar-refractivity contribution in [2.45, 2.75) is 157 Å². The van der Waals surface area contributed by atoms with E-state index in [0.717, 1.165) is 50.4 Å². The van der Waals surface area contributed by atoms with Crippen LogP contribution in [0.4, 0.5) is 0 Å². The molecule has 2 rings (SSSR count). The number of hydrogen-bond acceptors (Lipinski definition) is 2. The predicted octanol–water partition coefficient (Wildman–Crippen LogP) is 12.1. The minimum Gasteiger partial charge on any atom is -0.493 e. The molecule has 0 heterocycles. The van der Waals surface area contributed by atoms with Gasteiger partial charge in [0.1, 0.15) is 11.5 Å². The second-order valence-electron chi connectivity index (χ2n) is 12.0. The first kappa shape index (κ1) is 34.2. The second-order valence-corrected chi connectivity index (χ2v) is 12.0. The Balaban J connectivity index is 2.46. The fourth-order valence-corrected chi connectivity index (χ4v) is 5.59. The molecule has 0 atom stereocenters. The van der Waals surface area contributed by atoms with Crippen molar-refractivity contribution in [3.63, 3.8) is 0 Å². The molecule has 2 nitrogen and oxygen atoms in total. The number of unbranched alkanes of at least 4 members (excludes halogenated alkanes) is 12. The van der Waals surface area contributed by atoms with E-state index < -0.39 is 0 Å². The summed E-state index contributed by atoms with van der Waals surface area (Å²) < 4.78 is 12.9. The lowest BCUT2D eigenvalue weighted by Crippen LogP contribution is -2.04. The Morgan fingerprint density at radius 2 is 0.925 bits per heavy atom. The van der Waals surface area contributed by atoms with Gasteiger partial charge in [-0.1, -0.05) is 117 Å². The van der Waals surface area contributed by atoms with Gasteiger partial charge in [-0.2, -0.15) is 0 Å². The highest BCUT2D eigenvalue weighted by Gasteiger charge is 2.17. The van der Waals surface area contributed by atoms with Crippen molar-refractivity contribution in [2.75, 3.05) is 13.2 Å². The van der Waals surface area contributed by atoms with Crippen molar-refractivity contribution < 1.29 is 9.47 Å². The SMILES string of the molecule is CCCCCCCc1cc(-c2cc(OCCCCC)c(C)cc2OCCCCC)c(CCCCCCC)cc1C. The molecule has 226 valence electrons. The molecule has 0 N–H and O–H groups in total. The summed E-state index contributed by atoms with van der Waals surface area (Å²) in [4.78, 5) is 0. The highest BCUT2D eigenvalue weighted by atomic mass is 16.5.